The summed E-state index contributed by atoms with van der Waals surface area (Å²) in [6.07, 6.45) is 0.632. The summed E-state index contributed by atoms with van der Waals surface area (Å²) in [5, 5.41) is 11.9. The van der Waals surface area contributed by atoms with Crippen LogP contribution in [0, 0.1) is 0 Å². The van der Waals surface area contributed by atoms with Gasteiger partial charge in [0.15, 0.2) is 0 Å². The average Bonchev–Trinajstić information content (AvgIpc) is 1.93. The molecule has 0 heterocycles. The molecule has 0 aromatic rings. The highest BCUT2D eigenvalue weighted by Crippen LogP contribution is 1.92. The van der Waals surface area contributed by atoms with Crippen LogP contribution in [-0.2, 0) is 14.3 Å². The van der Waals surface area contributed by atoms with Crippen LogP contribution in [0.15, 0.2) is 0 Å². The molecular weight excluding hydrogens is 198 g/mol. The zero-order valence-corrected chi connectivity index (χ0v) is 8.09. The van der Waals surface area contributed by atoms with Crippen molar-refractivity contribution >= 4 is 16.2 Å². The normalized spacial score (nSPS) is 11.2. The second-order valence-electron chi connectivity index (χ2n) is 2.45. The van der Waals surface area contributed by atoms with Gasteiger partial charge in [0.05, 0.1) is 12.9 Å². The van der Waals surface area contributed by atoms with Crippen LogP contribution < -0.4 is 10.4 Å². The number of rotatable bonds is 6. The van der Waals surface area contributed by atoms with Crippen molar-refractivity contribution in [3.63, 3.8) is 0 Å². The van der Waals surface area contributed by atoms with Crippen LogP contribution in [0.25, 0.3) is 0 Å². The molecule has 0 aliphatic rings. The van der Waals surface area contributed by atoms with E-state index in [9.17, 15) is 18.3 Å². The van der Waals surface area contributed by atoms with Crippen molar-refractivity contribution in [2.75, 3.05) is 19.4 Å². The van der Waals surface area contributed by atoms with E-state index in [-0.39, 0.29) is 13.2 Å². The highest BCUT2D eigenvalue weighted by atomic mass is 32.2. The SMILES string of the molecule is CS(=O)(=O)OCCCCNC(=O)[O-]. The number of amides is 1. The van der Waals surface area contributed by atoms with Gasteiger partial charge in [-0.1, -0.05) is 0 Å². The van der Waals surface area contributed by atoms with Crippen molar-refractivity contribution in [2.45, 2.75) is 12.8 Å². The molecule has 0 aromatic carbocycles. The Morgan fingerprint density at radius 1 is 1.46 bits per heavy atom. The van der Waals surface area contributed by atoms with Gasteiger partial charge in [0, 0.05) is 6.54 Å². The van der Waals surface area contributed by atoms with Crippen molar-refractivity contribution in [3.05, 3.63) is 0 Å². The van der Waals surface area contributed by atoms with Gasteiger partial charge in [-0.3, -0.25) is 4.18 Å². The molecule has 0 fully saturated rings. The number of unbranched alkanes of at least 4 members (excludes halogenated alkanes) is 1. The van der Waals surface area contributed by atoms with Gasteiger partial charge >= 0.3 is 0 Å². The Hall–Kier alpha value is -0.820. The molecule has 0 bridgehead atoms. The third kappa shape index (κ3) is 11.2. The minimum atomic E-state index is -3.38. The molecule has 13 heavy (non-hydrogen) atoms. The lowest BCUT2D eigenvalue weighted by molar-refractivity contribution is -0.250. The lowest BCUT2D eigenvalue weighted by Gasteiger charge is -2.05. The monoisotopic (exact) mass is 210 g/mol. The van der Waals surface area contributed by atoms with E-state index >= 15 is 0 Å². The molecule has 0 saturated heterocycles. The van der Waals surface area contributed by atoms with E-state index in [1.807, 2.05) is 5.32 Å². The van der Waals surface area contributed by atoms with E-state index in [0.717, 1.165) is 6.26 Å². The van der Waals surface area contributed by atoms with Gasteiger partial charge < -0.3 is 15.2 Å². The molecule has 0 aliphatic carbocycles. The Morgan fingerprint density at radius 2 is 2.08 bits per heavy atom. The topological polar surface area (TPSA) is 95.5 Å². The van der Waals surface area contributed by atoms with Crippen molar-refractivity contribution in [2.24, 2.45) is 0 Å². The summed E-state index contributed by atoms with van der Waals surface area (Å²) in [4.78, 5) is 9.84. The number of carbonyl (C=O) groups excluding carboxylic acids is 1. The third-order valence-electron chi connectivity index (χ3n) is 1.14. The molecule has 0 saturated carbocycles. The van der Waals surface area contributed by atoms with E-state index in [0.29, 0.717) is 12.8 Å². The highest BCUT2D eigenvalue weighted by Gasteiger charge is 1.99. The summed E-state index contributed by atoms with van der Waals surface area (Å²) in [6.45, 7) is 0.322. The van der Waals surface area contributed by atoms with Gasteiger partial charge in [0.25, 0.3) is 10.1 Å². The van der Waals surface area contributed by atoms with Crippen molar-refractivity contribution in [1.29, 1.82) is 0 Å². The molecule has 1 N–H and O–H groups in total. The van der Waals surface area contributed by atoms with Gasteiger partial charge in [-0.25, -0.2) is 0 Å². The lowest BCUT2D eigenvalue weighted by Crippen LogP contribution is -2.36. The number of hydrogen-bond acceptors (Lipinski definition) is 5. The molecule has 6 nitrogen and oxygen atoms in total. The molecule has 78 valence electrons. The van der Waals surface area contributed by atoms with Crippen LogP contribution in [0.2, 0.25) is 0 Å². The maximum Gasteiger partial charge on any atom is 0.264 e. The standard InChI is InChI=1S/C6H13NO5S/c1-13(10,11)12-5-3-2-4-7-6(8)9/h7H,2-5H2,1H3,(H,8,9)/p-1. The first kappa shape index (κ1) is 12.2. The number of carbonyl (C=O) groups is 1. The average molecular weight is 210 g/mol. The van der Waals surface area contributed by atoms with Crippen molar-refractivity contribution in [1.82, 2.24) is 5.32 Å². The Morgan fingerprint density at radius 3 is 2.54 bits per heavy atom. The minimum absolute atomic E-state index is 0.0769. The van der Waals surface area contributed by atoms with Gasteiger partial charge in [0.2, 0.25) is 0 Å². The largest absolute Gasteiger partial charge is 0.530 e. The molecule has 0 radical (unpaired) electrons. The molecule has 1 amide bonds. The summed E-state index contributed by atoms with van der Waals surface area (Å²) in [5.41, 5.74) is 0. The zero-order valence-electron chi connectivity index (χ0n) is 7.28. The second-order valence-corrected chi connectivity index (χ2v) is 4.09. The van der Waals surface area contributed by atoms with Gasteiger partial charge in [-0.2, -0.15) is 8.42 Å². The Labute approximate surface area is 77.0 Å². The van der Waals surface area contributed by atoms with Crippen LogP contribution in [0.1, 0.15) is 12.8 Å². The fraction of sp³-hybridized carbons (Fsp3) is 0.833. The summed E-state index contributed by atoms with van der Waals surface area (Å²) in [7, 11) is -3.38. The molecule has 0 aromatic heterocycles. The first-order chi connectivity index (χ1) is 5.92. The lowest BCUT2D eigenvalue weighted by atomic mass is 10.3. The van der Waals surface area contributed by atoms with E-state index in [4.69, 9.17) is 0 Å². The number of carboxylic acid groups (broad SMARTS) is 1. The smallest absolute Gasteiger partial charge is 0.264 e. The number of hydrogen-bond donors (Lipinski definition) is 1. The van der Waals surface area contributed by atoms with Gasteiger partial charge in [-0.05, 0) is 12.8 Å². The predicted molar refractivity (Wildman–Crippen MR) is 43.4 cm³/mol. The molecule has 0 spiro atoms. The first-order valence-electron chi connectivity index (χ1n) is 3.71. The van der Waals surface area contributed by atoms with Gasteiger partial charge in [0.1, 0.15) is 6.09 Å². The summed E-state index contributed by atoms with van der Waals surface area (Å²) in [6, 6.07) is 0. The molecule has 7 heteroatoms. The molecule has 0 rings (SSSR count). The van der Waals surface area contributed by atoms with Gasteiger partial charge in [-0.15, -0.1) is 0 Å². The van der Waals surface area contributed by atoms with Crippen molar-refractivity contribution in [3.8, 4) is 0 Å². The fourth-order valence-corrected chi connectivity index (χ4v) is 1.05. The first-order valence-corrected chi connectivity index (χ1v) is 5.53. The molecule has 0 atom stereocenters. The minimum Gasteiger partial charge on any atom is -0.530 e. The maximum atomic E-state index is 10.4. The summed E-state index contributed by atoms with van der Waals surface area (Å²) < 4.78 is 25.3. The van der Waals surface area contributed by atoms with E-state index in [2.05, 4.69) is 4.18 Å². The second kappa shape index (κ2) is 5.76. The van der Waals surface area contributed by atoms with Crippen LogP contribution in [0.5, 0.6) is 0 Å². The quantitative estimate of drug-likeness (QED) is 0.433. The highest BCUT2D eigenvalue weighted by molar-refractivity contribution is 7.85. The third-order valence-corrected chi connectivity index (χ3v) is 1.73. The Bertz CT molecular complexity index is 248. The number of nitrogens with one attached hydrogen (secondary N) is 1. The Balaban J connectivity index is 3.23. The molecule has 0 unspecified atom stereocenters. The maximum absolute atomic E-state index is 10.4. The zero-order chi connectivity index (χ0) is 10.3. The molecular formula is C6H12NO5S-. The summed E-state index contributed by atoms with van der Waals surface area (Å²) >= 11 is 0. The van der Waals surface area contributed by atoms with Crippen LogP contribution >= 0.6 is 0 Å². The van der Waals surface area contributed by atoms with E-state index in [1.54, 1.807) is 0 Å². The van der Waals surface area contributed by atoms with Crippen LogP contribution in [0.3, 0.4) is 0 Å². The van der Waals surface area contributed by atoms with Crippen LogP contribution in [-0.4, -0.2) is 33.9 Å². The molecule has 0 aliphatic heterocycles. The fourth-order valence-electron chi connectivity index (χ4n) is 0.628. The summed E-state index contributed by atoms with van der Waals surface area (Å²) in [5.74, 6) is 0. The van der Waals surface area contributed by atoms with Crippen molar-refractivity contribution < 1.29 is 22.5 Å². The Kier molecular flexibility index (Phi) is 5.40. The van der Waals surface area contributed by atoms with E-state index in [1.165, 1.54) is 0 Å². The predicted octanol–water partition coefficient (Wildman–Crippen LogP) is -1.32. The van der Waals surface area contributed by atoms with Crippen LogP contribution in [0.4, 0.5) is 4.79 Å². The van der Waals surface area contributed by atoms with E-state index < -0.39 is 16.2 Å².